The van der Waals surface area contributed by atoms with E-state index in [9.17, 15) is 0 Å². The summed E-state index contributed by atoms with van der Waals surface area (Å²) in [5.41, 5.74) is 14.2. The average molecular weight is 639 g/mol. The molecule has 0 aliphatic heterocycles. The highest BCUT2D eigenvalue weighted by Gasteiger charge is 2.16. The predicted octanol–water partition coefficient (Wildman–Crippen LogP) is 13.3. The van der Waals surface area contributed by atoms with Gasteiger partial charge in [-0.05, 0) is 100 Å². The molecule has 0 unspecified atom stereocenters. The van der Waals surface area contributed by atoms with Crippen molar-refractivity contribution in [1.82, 2.24) is 4.57 Å². The summed E-state index contributed by atoms with van der Waals surface area (Å²) in [7, 11) is 0. The SMILES string of the molecule is c1ccc(-c2ccc(-c3ccc(N(c4ccccc4)c4ccc(-n5c6ccccc6c6ccccc65)cc4)cc3)cc2-c2ccccc2)cc1. The number of anilines is 3. The lowest BCUT2D eigenvalue weighted by Crippen LogP contribution is -2.10. The Labute approximate surface area is 292 Å². The van der Waals surface area contributed by atoms with Crippen molar-refractivity contribution in [2.45, 2.75) is 0 Å². The van der Waals surface area contributed by atoms with Crippen LogP contribution in [0.1, 0.15) is 0 Å². The van der Waals surface area contributed by atoms with Crippen LogP contribution in [0.3, 0.4) is 0 Å². The molecule has 9 rings (SSSR count). The molecule has 1 aromatic heterocycles. The van der Waals surface area contributed by atoms with Crippen molar-refractivity contribution in [1.29, 1.82) is 0 Å². The molecule has 0 atom stereocenters. The van der Waals surface area contributed by atoms with Crippen molar-refractivity contribution in [3.8, 4) is 39.1 Å². The van der Waals surface area contributed by atoms with Crippen LogP contribution in [0.4, 0.5) is 17.1 Å². The Balaban J connectivity index is 1.09. The monoisotopic (exact) mass is 638 g/mol. The molecule has 0 fully saturated rings. The quantitative estimate of drug-likeness (QED) is 0.169. The molecular weight excluding hydrogens is 605 g/mol. The molecule has 0 spiro atoms. The van der Waals surface area contributed by atoms with Crippen LogP contribution in [0.25, 0.3) is 60.9 Å². The summed E-state index contributed by atoms with van der Waals surface area (Å²) in [6.07, 6.45) is 0. The summed E-state index contributed by atoms with van der Waals surface area (Å²) in [6.45, 7) is 0. The van der Waals surface area contributed by atoms with Gasteiger partial charge in [-0.15, -0.1) is 0 Å². The van der Waals surface area contributed by atoms with E-state index in [0.717, 1.165) is 22.7 Å². The summed E-state index contributed by atoms with van der Waals surface area (Å²) < 4.78 is 2.36. The Morgan fingerprint density at radius 3 is 1.32 bits per heavy atom. The minimum absolute atomic E-state index is 1.10. The molecule has 0 saturated heterocycles. The summed E-state index contributed by atoms with van der Waals surface area (Å²) >= 11 is 0. The fraction of sp³-hybridized carbons (Fsp3) is 0. The third-order valence-corrected chi connectivity index (χ3v) is 9.61. The lowest BCUT2D eigenvalue weighted by atomic mass is 9.91. The second-order valence-electron chi connectivity index (χ2n) is 12.6. The van der Waals surface area contributed by atoms with Crippen molar-refractivity contribution in [3.05, 3.63) is 206 Å². The maximum atomic E-state index is 2.36. The first-order chi connectivity index (χ1) is 24.8. The van der Waals surface area contributed by atoms with Crippen LogP contribution < -0.4 is 4.90 Å². The van der Waals surface area contributed by atoms with Gasteiger partial charge in [-0.25, -0.2) is 0 Å². The molecule has 2 heteroatoms. The number of hydrogen-bond donors (Lipinski definition) is 0. The largest absolute Gasteiger partial charge is 0.311 e. The van der Waals surface area contributed by atoms with Crippen molar-refractivity contribution in [3.63, 3.8) is 0 Å². The molecule has 0 aliphatic carbocycles. The Morgan fingerprint density at radius 2 is 0.740 bits per heavy atom. The molecule has 0 radical (unpaired) electrons. The number of para-hydroxylation sites is 3. The highest BCUT2D eigenvalue weighted by molar-refractivity contribution is 6.09. The van der Waals surface area contributed by atoms with Crippen LogP contribution in [0, 0.1) is 0 Å². The van der Waals surface area contributed by atoms with Gasteiger partial charge in [-0.1, -0.05) is 140 Å². The van der Waals surface area contributed by atoms with Crippen LogP contribution in [-0.4, -0.2) is 4.57 Å². The van der Waals surface area contributed by atoms with E-state index in [2.05, 4.69) is 216 Å². The number of benzene rings is 8. The number of rotatable bonds is 7. The molecule has 8 aromatic carbocycles. The molecule has 9 aromatic rings. The van der Waals surface area contributed by atoms with E-state index in [1.54, 1.807) is 0 Å². The van der Waals surface area contributed by atoms with Gasteiger partial charge in [0.15, 0.2) is 0 Å². The minimum atomic E-state index is 1.10. The van der Waals surface area contributed by atoms with Gasteiger partial charge in [0.05, 0.1) is 11.0 Å². The lowest BCUT2D eigenvalue weighted by molar-refractivity contribution is 1.17. The van der Waals surface area contributed by atoms with Crippen molar-refractivity contribution in [2.24, 2.45) is 0 Å². The molecule has 1 heterocycles. The topological polar surface area (TPSA) is 8.17 Å². The van der Waals surface area contributed by atoms with Crippen LogP contribution in [0.15, 0.2) is 206 Å². The van der Waals surface area contributed by atoms with Crippen LogP contribution in [0.2, 0.25) is 0 Å². The molecule has 2 nitrogen and oxygen atoms in total. The van der Waals surface area contributed by atoms with E-state index in [1.165, 1.54) is 55.2 Å². The molecule has 50 heavy (non-hydrogen) atoms. The zero-order chi connectivity index (χ0) is 33.3. The van der Waals surface area contributed by atoms with Gasteiger partial charge in [0.2, 0.25) is 0 Å². The Morgan fingerprint density at radius 1 is 0.300 bits per heavy atom. The average Bonchev–Trinajstić information content (AvgIpc) is 3.54. The maximum absolute atomic E-state index is 2.36. The molecule has 0 saturated carbocycles. The smallest absolute Gasteiger partial charge is 0.0541 e. The normalized spacial score (nSPS) is 11.2. The predicted molar refractivity (Wildman–Crippen MR) is 212 cm³/mol. The fourth-order valence-corrected chi connectivity index (χ4v) is 7.23. The first-order valence-corrected chi connectivity index (χ1v) is 17.1. The summed E-state index contributed by atoms with van der Waals surface area (Å²) in [4.78, 5) is 2.33. The highest BCUT2D eigenvalue weighted by Crippen LogP contribution is 2.39. The van der Waals surface area contributed by atoms with Crippen molar-refractivity contribution < 1.29 is 0 Å². The van der Waals surface area contributed by atoms with E-state index in [0.29, 0.717) is 0 Å². The Bertz CT molecular complexity index is 2500. The van der Waals surface area contributed by atoms with E-state index in [4.69, 9.17) is 0 Å². The van der Waals surface area contributed by atoms with Crippen LogP contribution in [0.5, 0.6) is 0 Å². The standard InChI is InChI=1S/C48H34N2/c1-4-14-36(15-5-1)43-33-26-38(34-46(43)37-16-6-2-7-17-37)35-24-27-40(28-25-35)49(39-18-8-3-9-19-39)41-29-31-42(32-30-41)50-47-22-12-10-20-44(47)45-21-11-13-23-48(45)50/h1-34H. The molecule has 0 bridgehead atoms. The van der Waals surface area contributed by atoms with Gasteiger partial charge < -0.3 is 9.47 Å². The third-order valence-electron chi connectivity index (χ3n) is 9.61. The van der Waals surface area contributed by atoms with E-state index < -0.39 is 0 Å². The first kappa shape index (κ1) is 29.5. The second kappa shape index (κ2) is 12.8. The van der Waals surface area contributed by atoms with Gasteiger partial charge in [0.1, 0.15) is 0 Å². The van der Waals surface area contributed by atoms with Gasteiger partial charge >= 0.3 is 0 Å². The van der Waals surface area contributed by atoms with Crippen LogP contribution >= 0.6 is 0 Å². The Kier molecular flexibility index (Phi) is 7.53. The van der Waals surface area contributed by atoms with E-state index in [-0.39, 0.29) is 0 Å². The van der Waals surface area contributed by atoms with Crippen molar-refractivity contribution in [2.75, 3.05) is 4.90 Å². The number of nitrogens with zero attached hydrogens (tertiary/aromatic N) is 2. The zero-order valence-electron chi connectivity index (χ0n) is 27.5. The Hall–Kier alpha value is -6.64. The van der Waals surface area contributed by atoms with Crippen molar-refractivity contribution >= 4 is 38.9 Å². The van der Waals surface area contributed by atoms with Gasteiger partial charge in [0.25, 0.3) is 0 Å². The molecule has 236 valence electrons. The van der Waals surface area contributed by atoms with Gasteiger partial charge in [-0.3, -0.25) is 0 Å². The second-order valence-corrected chi connectivity index (χ2v) is 12.6. The number of aromatic nitrogens is 1. The third kappa shape index (κ3) is 5.34. The highest BCUT2D eigenvalue weighted by atomic mass is 15.1. The first-order valence-electron chi connectivity index (χ1n) is 17.1. The number of hydrogen-bond acceptors (Lipinski definition) is 1. The molecule has 0 aliphatic rings. The van der Waals surface area contributed by atoms with E-state index >= 15 is 0 Å². The molecule has 0 N–H and O–H groups in total. The van der Waals surface area contributed by atoms with Crippen LogP contribution in [-0.2, 0) is 0 Å². The summed E-state index contributed by atoms with van der Waals surface area (Å²) in [6, 6.07) is 74.0. The molecular formula is C48H34N2. The number of fused-ring (bicyclic) bond motifs is 3. The summed E-state index contributed by atoms with van der Waals surface area (Å²) in [5.74, 6) is 0. The summed E-state index contributed by atoms with van der Waals surface area (Å²) in [5, 5.41) is 2.53. The lowest BCUT2D eigenvalue weighted by Gasteiger charge is -2.26. The van der Waals surface area contributed by atoms with Gasteiger partial charge in [0, 0.05) is 33.5 Å². The fourth-order valence-electron chi connectivity index (χ4n) is 7.23. The van der Waals surface area contributed by atoms with Gasteiger partial charge in [-0.2, -0.15) is 0 Å². The molecule has 0 amide bonds. The zero-order valence-corrected chi connectivity index (χ0v) is 27.5. The van der Waals surface area contributed by atoms with E-state index in [1.807, 2.05) is 0 Å². The minimum Gasteiger partial charge on any atom is -0.311 e. The maximum Gasteiger partial charge on any atom is 0.0541 e.